The topological polar surface area (TPSA) is 38.5 Å². The molecule has 0 spiro atoms. The molecular weight excluding hydrogens is 276 g/mol. The molecule has 118 valence electrons. The first kappa shape index (κ1) is 15.1. The van der Waals surface area contributed by atoms with Crippen LogP contribution in [-0.4, -0.2) is 23.2 Å². The largest absolute Gasteiger partial charge is 0.494 e. The fourth-order valence-corrected chi connectivity index (χ4v) is 3.40. The SMILES string of the molecule is CCOc1ccc(CN2CCC[C@@H]2c2c(C)noc2C)cc1. The second-order valence-electron chi connectivity index (χ2n) is 5.94. The van der Waals surface area contributed by atoms with Crippen LogP contribution in [0, 0.1) is 13.8 Å². The van der Waals surface area contributed by atoms with Crippen molar-refractivity contribution in [3.8, 4) is 5.75 Å². The van der Waals surface area contributed by atoms with Crippen LogP contribution in [0.5, 0.6) is 5.75 Å². The maximum atomic E-state index is 5.51. The zero-order valence-electron chi connectivity index (χ0n) is 13.6. The minimum absolute atomic E-state index is 0.429. The standard InChI is InChI=1S/C18H24N2O2/c1-4-21-16-9-7-15(8-10-16)12-20-11-5-6-17(20)18-13(2)19-22-14(18)3/h7-10,17H,4-6,11-12H2,1-3H3/t17-/m1/s1. The van der Waals surface area contributed by atoms with Gasteiger partial charge in [0.1, 0.15) is 11.5 Å². The van der Waals surface area contributed by atoms with Crippen molar-refractivity contribution < 1.29 is 9.26 Å². The highest BCUT2D eigenvalue weighted by Gasteiger charge is 2.30. The lowest BCUT2D eigenvalue weighted by Gasteiger charge is -2.24. The van der Waals surface area contributed by atoms with Crippen molar-refractivity contribution in [1.29, 1.82) is 0 Å². The molecule has 1 aromatic carbocycles. The Morgan fingerprint density at radius 2 is 2.05 bits per heavy atom. The maximum absolute atomic E-state index is 5.51. The molecule has 22 heavy (non-hydrogen) atoms. The van der Waals surface area contributed by atoms with E-state index in [-0.39, 0.29) is 0 Å². The Labute approximate surface area is 132 Å². The maximum Gasteiger partial charge on any atom is 0.138 e. The third-order valence-electron chi connectivity index (χ3n) is 4.41. The third kappa shape index (κ3) is 3.02. The number of hydrogen-bond acceptors (Lipinski definition) is 4. The molecule has 4 nitrogen and oxygen atoms in total. The van der Waals surface area contributed by atoms with Gasteiger partial charge in [-0.3, -0.25) is 4.90 Å². The van der Waals surface area contributed by atoms with E-state index in [1.54, 1.807) is 0 Å². The first-order valence-electron chi connectivity index (χ1n) is 8.07. The molecule has 1 saturated heterocycles. The van der Waals surface area contributed by atoms with E-state index in [4.69, 9.17) is 9.26 Å². The van der Waals surface area contributed by atoms with E-state index in [0.717, 1.165) is 30.3 Å². The van der Waals surface area contributed by atoms with Crippen LogP contribution in [0.2, 0.25) is 0 Å². The van der Waals surface area contributed by atoms with Crippen molar-refractivity contribution in [2.45, 2.75) is 46.2 Å². The molecule has 0 amide bonds. The van der Waals surface area contributed by atoms with Crippen LogP contribution in [0.3, 0.4) is 0 Å². The summed E-state index contributed by atoms with van der Waals surface area (Å²) in [6.07, 6.45) is 2.41. The number of rotatable bonds is 5. The van der Waals surface area contributed by atoms with Gasteiger partial charge in [0.15, 0.2) is 0 Å². The summed E-state index contributed by atoms with van der Waals surface area (Å²) in [6.45, 7) is 8.86. The predicted molar refractivity (Wildman–Crippen MR) is 86.0 cm³/mol. The normalized spacial score (nSPS) is 18.8. The van der Waals surface area contributed by atoms with E-state index in [0.29, 0.717) is 12.6 Å². The van der Waals surface area contributed by atoms with Crippen LogP contribution < -0.4 is 4.74 Å². The van der Waals surface area contributed by atoms with Crippen LogP contribution in [0.25, 0.3) is 0 Å². The molecule has 0 unspecified atom stereocenters. The van der Waals surface area contributed by atoms with Crippen molar-refractivity contribution in [3.63, 3.8) is 0 Å². The van der Waals surface area contributed by atoms with E-state index in [2.05, 4.69) is 34.3 Å². The zero-order valence-corrected chi connectivity index (χ0v) is 13.6. The molecule has 0 N–H and O–H groups in total. The molecule has 1 atom stereocenters. The molecule has 0 radical (unpaired) electrons. The predicted octanol–water partition coefficient (Wildman–Crippen LogP) is 4.03. The molecule has 1 aliphatic rings. The van der Waals surface area contributed by atoms with Crippen molar-refractivity contribution in [2.75, 3.05) is 13.2 Å². The molecule has 4 heteroatoms. The van der Waals surface area contributed by atoms with E-state index in [9.17, 15) is 0 Å². The fraction of sp³-hybridized carbons (Fsp3) is 0.500. The van der Waals surface area contributed by atoms with Gasteiger partial charge in [-0.05, 0) is 57.9 Å². The molecular formula is C18H24N2O2. The third-order valence-corrected chi connectivity index (χ3v) is 4.41. The summed E-state index contributed by atoms with van der Waals surface area (Å²) in [7, 11) is 0. The van der Waals surface area contributed by atoms with Gasteiger partial charge in [-0.25, -0.2) is 0 Å². The number of nitrogens with zero attached hydrogens (tertiary/aromatic N) is 2. The number of ether oxygens (including phenoxy) is 1. The van der Waals surface area contributed by atoms with Gasteiger partial charge in [-0.1, -0.05) is 17.3 Å². The average Bonchev–Trinajstić information content (AvgIpc) is 3.08. The Hall–Kier alpha value is -1.81. The van der Waals surface area contributed by atoms with Crippen molar-refractivity contribution >= 4 is 0 Å². The highest BCUT2D eigenvalue weighted by molar-refractivity contribution is 5.29. The van der Waals surface area contributed by atoms with E-state index < -0.39 is 0 Å². The Bertz CT molecular complexity index is 599. The summed E-state index contributed by atoms with van der Waals surface area (Å²) in [4.78, 5) is 2.53. The molecule has 1 aliphatic heterocycles. The zero-order chi connectivity index (χ0) is 15.5. The monoisotopic (exact) mass is 300 g/mol. The number of aromatic nitrogens is 1. The summed E-state index contributed by atoms with van der Waals surface area (Å²) in [5, 5.41) is 4.12. The van der Waals surface area contributed by atoms with Crippen LogP contribution in [0.15, 0.2) is 28.8 Å². The van der Waals surface area contributed by atoms with Crippen molar-refractivity contribution in [1.82, 2.24) is 10.1 Å². The summed E-state index contributed by atoms with van der Waals surface area (Å²) in [5.74, 6) is 1.90. The average molecular weight is 300 g/mol. The molecule has 1 aromatic heterocycles. The Balaban J connectivity index is 1.74. The molecule has 0 aliphatic carbocycles. The summed E-state index contributed by atoms with van der Waals surface area (Å²) in [5.41, 5.74) is 3.63. The van der Waals surface area contributed by atoms with Crippen LogP contribution >= 0.6 is 0 Å². The van der Waals surface area contributed by atoms with E-state index in [1.165, 1.54) is 24.0 Å². The smallest absolute Gasteiger partial charge is 0.138 e. The molecule has 2 aromatic rings. The number of hydrogen-bond donors (Lipinski definition) is 0. The summed E-state index contributed by atoms with van der Waals surface area (Å²) < 4.78 is 10.9. The lowest BCUT2D eigenvalue weighted by Crippen LogP contribution is -2.23. The molecule has 2 heterocycles. The molecule has 1 fully saturated rings. The minimum atomic E-state index is 0.429. The molecule has 3 rings (SSSR count). The first-order valence-corrected chi connectivity index (χ1v) is 8.07. The van der Waals surface area contributed by atoms with Gasteiger partial charge in [-0.2, -0.15) is 0 Å². The first-order chi connectivity index (χ1) is 10.7. The Kier molecular flexibility index (Phi) is 4.48. The van der Waals surface area contributed by atoms with E-state index >= 15 is 0 Å². The van der Waals surface area contributed by atoms with E-state index in [1.807, 2.05) is 20.8 Å². The Morgan fingerprint density at radius 3 is 2.68 bits per heavy atom. The van der Waals surface area contributed by atoms with Crippen molar-refractivity contribution in [2.24, 2.45) is 0 Å². The van der Waals surface area contributed by atoms with Gasteiger partial charge >= 0.3 is 0 Å². The molecule has 0 bridgehead atoms. The van der Waals surface area contributed by atoms with Crippen LogP contribution in [0.4, 0.5) is 0 Å². The second-order valence-corrected chi connectivity index (χ2v) is 5.94. The van der Waals surface area contributed by atoms with Gasteiger partial charge in [0.2, 0.25) is 0 Å². The second kappa shape index (κ2) is 6.53. The Morgan fingerprint density at radius 1 is 1.27 bits per heavy atom. The summed E-state index contributed by atoms with van der Waals surface area (Å²) in [6, 6.07) is 8.86. The quantitative estimate of drug-likeness (QED) is 0.835. The van der Waals surface area contributed by atoms with Crippen LogP contribution in [0.1, 0.15) is 48.4 Å². The van der Waals surface area contributed by atoms with Gasteiger partial charge < -0.3 is 9.26 Å². The lowest BCUT2D eigenvalue weighted by molar-refractivity contribution is 0.245. The molecule has 0 saturated carbocycles. The van der Waals surface area contributed by atoms with Crippen molar-refractivity contribution in [3.05, 3.63) is 46.8 Å². The van der Waals surface area contributed by atoms with Gasteiger partial charge in [0.25, 0.3) is 0 Å². The highest BCUT2D eigenvalue weighted by Crippen LogP contribution is 2.36. The van der Waals surface area contributed by atoms with Crippen LogP contribution in [-0.2, 0) is 6.54 Å². The highest BCUT2D eigenvalue weighted by atomic mass is 16.5. The van der Waals surface area contributed by atoms with Gasteiger partial charge in [0.05, 0.1) is 12.3 Å². The van der Waals surface area contributed by atoms with Gasteiger partial charge in [-0.15, -0.1) is 0 Å². The fourth-order valence-electron chi connectivity index (χ4n) is 3.40. The minimum Gasteiger partial charge on any atom is -0.494 e. The number of aryl methyl sites for hydroxylation is 2. The summed E-state index contributed by atoms with van der Waals surface area (Å²) >= 11 is 0. The van der Waals surface area contributed by atoms with Gasteiger partial charge in [0, 0.05) is 18.2 Å². The number of likely N-dealkylation sites (tertiary alicyclic amines) is 1. The lowest BCUT2D eigenvalue weighted by atomic mass is 10.0. The number of benzene rings is 1.